The van der Waals surface area contributed by atoms with E-state index >= 15 is 0 Å². The molecule has 0 amide bonds. The number of hydrogen-bond donors (Lipinski definition) is 2. The van der Waals surface area contributed by atoms with Gasteiger partial charge in [-0.1, -0.05) is 136 Å². The second-order valence-corrected chi connectivity index (χ2v) is 9.01. The van der Waals surface area contributed by atoms with E-state index in [1.165, 1.54) is 128 Å². The van der Waals surface area contributed by atoms with Crippen LogP contribution in [-0.4, -0.2) is 24.3 Å². The van der Waals surface area contributed by atoms with E-state index in [9.17, 15) is 5.11 Å². The van der Waals surface area contributed by atoms with E-state index in [-0.39, 0.29) is 6.10 Å². The van der Waals surface area contributed by atoms with Gasteiger partial charge in [-0.25, -0.2) is 0 Å². The molecule has 0 spiro atoms. The molecule has 0 fully saturated rings. The highest BCUT2D eigenvalue weighted by atomic mass is 16.3. The summed E-state index contributed by atoms with van der Waals surface area (Å²) in [7, 11) is 0. The molecule has 2 N–H and O–H groups in total. The zero-order chi connectivity index (χ0) is 20.5. The molecule has 0 saturated heterocycles. The van der Waals surface area contributed by atoms with Crippen molar-refractivity contribution in [2.24, 2.45) is 0 Å². The van der Waals surface area contributed by atoms with Crippen LogP contribution in [0.1, 0.15) is 149 Å². The van der Waals surface area contributed by atoms with E-state index in [4.69, 9.17) is 0 Å². The van der Waals surface area contributed by atoms with Crippen molar-refractivity contribution < 1.29 is 5.11 Å². The largest absolute Gasteiger partial charge is 0.392 e. The Hall–Kier alpha value is -0.0800. The first kappa shape index (κ1) is 27.9. The van der Waals surface area contributed by atoms with Gasteiger partial charge in [-0.05, 0) is 19.4 Å². The van der Waals surface area contributed by atoms with Gasteiger partial charge in [0.2, 0.25) is 0 Å². The highest BCUT2D eigenvalue weighted by Crippen LogP contribution is 2.12. The summed E-state index contributed by atoms with van der Waals surface area (Å²) in [6.07, 6.45) is 28.4. The summed E-state index contributed by atoms with van der Waals surface area (Å²) in [6.45, 7) is 6.42. The number of nitrogens with one attached hydrogen (secondary N) is 1. The van der Waals surface area contributed by atoms with Gasteiger partial charge in [0, 0.05) is 6.54 Å². The highest BCUT2D eigenvalue weighted by molar-refractivity contribution is 4.60. The van der Waals surface area contributed by atoms with Gasteiger partial charge in [0.15, 0.2) is 0 Å². The molecule has 0 aliphatic carbocycles. The third-order valence-electron chi connectivity index (χ3n) is 5.98. The summed E-state index contributed by atoms with van der Waals surface area (Å²) in [4.78, 5) is 0. The van der Waals surface area contributed by atoms with Crippen molar-refractivity contribution in [3.05, 3.63) is 0 Å². The van der Waals surface area contributed by atoms with Crippen LogP contribution in [0, 0.1) is 0 Å². The molecule has 0 aromatic carbocycles. The van der Waals surface area contributed by atoms with E-state index < -0.39 is 0 Å². The maximum Gasteiger partial charge on any atom is 0.0664 e. The smallest absolute Gasteiger partial charge is 0.0664 e. The highest BCUT2D eigenvalue weighted by Gasteiger charge is 2.03. The molecule has 0 aliphatic heterocycles. The third kappa shape index (κ3) is 24.0. The zero-order valence-corrected chi connectivity index (χ0v) is 19.8. The van der Waals surface area contributed by atoms with E-state index in [2.05, 4.69) is 19.2 Å². The van der Waals surface area contributed by atoms with Gasteiger partial charge in [0.25, 0.3) is 0 Å². The lowest BCUT2D eigenvalue weighted by Crippen LogP contribution is -2.27. The minimum Gasteiger partial charge on any atom is -0.392 e. The van der Waals surface area contributed by atoms with Gasteiger partial charge in [-0.15, -0.1) is 0 Å². The summed E-state index contributed by atoms with van der Waals surface area (Å²) >= 11 is 0. The summed E-state index contributed by atoms with van der Waals surface area (Å²) in [5, 5.41) is 13.5. The zero-order valence-electron chi connectivity index (χ0n) is 19.8. The molecule has 0 heterocycles. The molecule has 0 aromatic heterocycles. The SMILES string of the molecule is CCCCCCCCCCCCNCC(O)CCCCCCCCCCCC. The number of rotatable bonds is 24. The lowest BCUT2D eigenvalue weighted by molar-refractivity contribution is 0.158. The van der Waals surface area contributed by atoms with Crippen LogP contribution < -0.4 is 5.32 Å². The van der Waals surface area contributed by atoms with Gasteiger partial charge in [-0.3, -0.25) is 0 Å². The Morgan fingerprint density at radius 2 is 0.857 bits per heavy atom. The summed E-state index contributed by atoms with van der Waals surface area (Å²) < 4.78 is 0. The lowest BCUT2D eigenvalue weighted by Gasteiger charge is -2.11. The number of aliphatic hydroxyl groups is 1. The topological polar surface area (TPSA) is 32.3 Å². The second kappa shape index (κ2) is 25.0. The minimum absolute atomic E-state index is 0.142. The molecule has 28 heavy (non-hydrogen) atoms. The Bertz CT molecular complexity index is 269. The van der Waals surface area contributed by atoms with E-state index in [1.807, 2.05) is 0 Å². The summed E-state index contributed by atoms with van der Waals surface area (Å²) in [6, 6.07) is 0. The number of hydrogen-bond acceptors (Lipinski definition) is 2. The van der Waals surface area contributed by atoms with E-state index in [0.717, 1.165) is 19.5 Å². The predicted octanol–water partition coefficient (Wildman–Crippen LogP) is 8.17. The molecule has 0 rings (SSSR count). The first-order valence-corrected chi connectivity index (χ1v) is 13.2. The molecule has 1 unspecified atom stereocenters. The van der Waals surface area contributed by atoms with Crippen LogP contribution in [0.3, 0.4) is 0 Å². The van der Waals surface area contributed by atoms with E-state index in [0.29, 0.717) is 0 Å². The second-order valence-electron chi connectivity index (χ2n) is 9.01. The predicted molar refractivity (Wildman–Crippen MR) is 127 cm³/mol. The minimum atomic E-state index is -0.142. The average Bonchev–Trinajstić information content (AvgIpc) is 2.70. The van der Waals surface area contributed by atoms with Crippen LogP contribution in [0.4, 0.5) is 0 Å². The van der Waals surface area contributed by atoms with Crippen molar-refractivity contribution in [2.45, 2.75) is 155 Å². The number of aliphatic hydroxyl groups excluding tert-OH is 1. The van der Waals surface area contributed by atoms with Crippen molar-refractivity contribution >= 4 is 0 Å². The quantitative estimate of drug-likeness (QED) is 0.161. The Morgan fingerprint density at radius 3 is 1.29 bits per heavy atom. The van der Waals surface area contributed by atoms with Crippen LogP contribution in [-0.2, 0) is 0 Å². The fraction of sp³-hybridized carbons (Fsp3) is 1.00. The van der Waals surface area contributed by atoms with Crippen molar-refractivity contribution in [3.63, 3.8) is 0 Å². The summed E-state index contributed by atoms with van der Waals surface area (Å²) in [5.41, 5.74) is 0. The van der Waals surface area contributed by atoms with Crippen molar-refractivity contribution in [1.29, 1.82) is 0 Å². The molecular weight excluding hydrogens is 342 g/mol. The molecule has 0 aromatic rings. The Labute approximate surface area is 178 Å². The molecule has 0 aliphatic rings. The Morgan fingerprint density at radius 1 is 0.500 bits per heavy atom. The van der Waals surface area contributed by atoms with Gasteiger partial charge in [0.05, 0.1) is 6.10 Å². The van der Waals surface area contributed by atoms with Crippen molar-refractivity contribution in [3.8, 4) is 0 Å². The van der Waals surface area contributed by atoms with Crippen LogP contribution in [0.2, 0.25) is 0 Å². The molecule has 170 valence electrons. The Kier molecular flexibility index (Phi) is 24.9. The normalized spacial score (nSPS) is 12.5. The number of unbranched alkanes of at least 4 members (excludes halogenated alkanes) is 18. The van der Waals surface area contributed by atoms with Gasteiger partial charge >= 0.3 is 0 Å². The monoisotopic (exact) mass is 397 g/mol. The lowest BCUT2D eigenvalue weighted by atomic mass is 10.0. The first-order valence-electron chi connectivity index (χ1n) is 13.2. The van der Waals surface area contributed by atoms with E-state index in [1.54, 1.807) is 0 Å². The molecular formula is C26H55NO. The van der Waals surface area contributed by atoms with Crippen LogP contribution >= 0.6 is 0 Å². The van der Waals surface area contributed by atoms with Crippen molar-refractivity contribution in [1.82, 2.24) is 5.32 Å². The third-order valence-corrected chi connectivity index (χ3v) is 5.98. The van der Waals surface area contributed by atoms with Crippen molar-refractivity contribution in [2.75, 3.05) is 13.1 Å². The fourth-order valence-electron chi connectivity index (χ4n) is 3.98. The molecule has 0 saturated carbocycles. The fourth-order valence-corrected chi connectivity index (χ4v) is 3.98. The molecule has 2 nitrogen and oxygen atoms in total. The van der Waals surface area contributed by atoms with Crippen LogP contribution in [0.15, 0.2) is 0 Å². The van der Waals surface area contributed by atoms with Crippen LogP contribution in [0.25, 0.3) is 0 Å². The molecule has 2 heteroatoms. The first-order chi connectivity index (χ1) is 13.8. The van der Waals surface area contributed by atoms with Crippen LogP contribution in [0.5, 0.6) is 0 Å². The standard InChI is InChI=1S/C26H55NO/c1-3-5-7-9-11-13-15-17-19-21-23-26(28)25-27-24-22-20-18-16-14-12-10-8-6-4-2/h26-28H,3-25H2,1-2H3. The molecule has 1 atom stereocenters. The van der Waals surface area contributed by atoms with Gasteiger partial charge in [-0.2, -0.15) is 0 Å². The average molecular weight is 398 g/mol. The van der Waals surface area contributed by atoms with Gasteiger partial charge in [0.1, 0.15) is 0 Å². The Balaban J connectivity index is 3.12. The molecule has 0 bridgehead atoms. The summed E-state index contributed by atoms with van der Waals surface area (Å²) in [5.74, 6) is 0. The van der Waals surface area contributed by atoms with Gasteiger partial charge < -0.3 is 10.4 Å². The molecule has 0 radical (unpaired) electrons. The maximum atomic E-state index is 10.1. The maximum absolute atomic E-state index is 10.1.